The topological polar surface area (TPSA) is 77.8 Å². The number of hydrogen-bond acceptors (Lipinski definition) is 1. The van der Waals surface area contributed by atoms with E-state index in [4.69, 9.17) is 19.2 Å². The summed E-state index contributed by atoms with van der Waals surface area (Å²) in [5.41, 5.74) is 0. The molecule has 8 heteroatoms. The molecule has 0 fully saturated rings. The largest absolute Gasteiger partial charge is 1.00 e. The molecule has 0 radical (unpaired) electrons. The summed E-state index contributed by atoms with van der Waals surface area (Å²) in [7, 11) is -4.64. The molecular formula is H3Na3O4P+3. The van der Waals surface area contributed by atoms with Gasteiger partial charge in [-0.25, -0.2) is 4.57 Å². The Morgan fingerprint density at radius 1 is 0.875 bits per heavy atom. The zero-order chi connectivity index (χ0) is 4.50. The van der Waals surface area contributed by atoms with Gasteiger partial charge in [0.2, 0.25) is 0 Å². The van der Waals surface area contributed by atoms with Crippen molar-refractivity contribution in [2.45, 2.75) is 0 Å². The van der Waals surface area contributed by atoms with Crippen LogP contribution in [0.5, 0.6) is 0 Å². The molecule has 0 aliphatic carbocycles. The van der Waals surface area contributed by atoms with E-state index in [1.165, 1.54) is 0 Å². The third-order valence-corrected chi connectivity index (χ3v) is 0. The van der Waals surface area contributed by atoms with Gasteiger partial charge in [-0.1, -0.05) is 0 Å². The normalized spacial score (nSPS) is 7.38. The van der Waals surface area contributed by atoms with Gasteiger partial charge in [-0.3, -0.25) is 0 Å². The average molecular weight is 167 g/mol. The molecule has 0 unspecified atom stereocenters. The molecule has 0 aromatic heterocycles. The first-order valence-electron chi connectivity index (χ1n) is 0.783. The second-order valence-corrected chi connectivity index (χ2v) is 1.54. The molecular weight excluding hydrogens is 164 g/mol. The Morgan fingerprint density at radius 2 is 0.875 bits per heavy atom. The summed E-state index contributed by atoms with van der Waals surface area (Å²) in [4.78, 5) is 21.6. The van der Waals surface area contributed by atoms with Gasteiger partial charge in [-0.15, -0.1) is 0 Å². The van der Waals surface area contributed by atoms with Crippen LogP contribution in [0, 0.1) is 0 Å². The van der Waals surface area contributed by atoms with Crippen LogP contribution in [0.1, 0.15) is 0 Å². The van der Waals surface area contributed by atoms with Gasteiger partial charge in [-0.2, -0.15) is 0 Å². The second-order valence-electron chi connectivity index (χ2n) is 0.513. The molecule has 0 aromatic carbocycles. The van der Waals surface area contributed by atoms with Gasteiger partial charge in [0.15, 0.2) is 0 Å². The Balaban J connectivity index is -0.0000000267. The molecule has 0 aromatic rings. The van der Waals surface area contributed by atoms with Crippen molar-refractivity contribution in [2.75, 3.05) is 0 Å². The Labute approximate surface area is 114 Å². The van der Waals surface area contributed by atoms with Crippen molar-refractivity contribution >= 4 is 7.82 Å². The molecule has 0 aliphatic heterocycles. The molecule has 0 saturated heterocycles. The first-order valence-corrected chi connectivity index (χ1v) is 2.35. The van der Waals surface area contributed by atoms with Crippen LogP contribution in [-0.4, -0.2) is 14.7 Å². The Hall–Kier alpha value is 3.11. The molecule has 0 saturated carbocycles. The van der Waals surface area contributed by atoms with E-state index in [0.29, 0.717) is 0 Å². The smallest absolute Gasteiger partial charge is 0.303 e. The van der Waals surface area contributed by atoms with Crippen LogP contribution in [-0.2, 0) is 4.57 Å². The molecule has 0 aliphatic rings. The molecule has 32 valence electrons. The van der Waals surface area contributed by atoms with Crippen molar-refractivity contribution in [3.8, 4) is 0 Å². The predicted octanol–water partition coefficient (Wildman–Crippen LogP) is -9.92. The second kappa shape index (κ2) is 10.1. The van der Waals surface area contributed by atoms with Crippen molar-refractivity contribution < 1.29 is 108 Å². The fourth-order valence-corrected chi connectivity index (χ4v) is 0. The SMILES string of the molecule is O=P(O)(O)O.[Na+].[Na+].[Na+]. The fourth-order valence-electron chi connectivity index (χ4n) is 0. The van der Waals surface area contributed by atoms with Gasteiger partial charge < -0.3 is 14.7 Å². The maximum absolute atomic E-state index is 8.88. The molecule has 3 N–H and O–H groups in total. The average Bonchev–Trinajstić information content (AvgIpc) is 0.722. The summed E-state index contributed by atoms with van der Waals surface area (Å²) >= 11 is 0. The van der Waals surface area contributed by atoms with Crippen LogP contribution in [0.2, 0.25) is 0 Å². The molecule has 0 spiro atoms. The molecule has 8 heavy (non-hydrogen) atoms. The third-order valence-electron chi connectivity index (χ3n) is 0. The van der Waals surface area contributed by atoms with E-state index >= 15 is 0 Å². The van der Waals surface area contributed by atoms with Crippen LogP contribution in [0.25, 0.3) is 0 Å². The van der Waals surface area contributed by atoms with E-state index in [9.17, 15) is 0 Å². The van der Waals surface area contributed by atoms with E-state index < -0.39 is 7.82 Å². The first-order chi connectivity index (χ1) is 2.00. The Morgan fingerprint density at radius 3 is 0.875 bits per heavy atom. The minimum atomic E-state index is -4.64. The van der Waals surface area contributed by atoms with E-state index in [2.05, 4.69) is 0 Å². The van der Waals surface area contributed by atoms with Crippen molar-refractivity contribution in [1.29, 1.82) is 0 Å². The van der Waals surface area contributed by atoms with Crippen molar-refractivity contribution in [3.63, 3.8) is 0 Å². The molecule has 0 amide bonds. The number of phosphoric acid groups is 1. The first kappa shape index (κ1) is 22.5. The minimum Gasteiger partial charge on any atom is -0.303 e. The standard InChI is InChI=1S/3Na.H3O4P/c;;;1-5(2,3)4/h;;;(H3,1,2,3,4)/q3*+1;. The quantitative estimate of drug-likeness (QED) is 0.247. The molecule has 0 rings (SSSR count). The van der Waals surface area contributed by atoms with Gasteiger partial charge >= 0.3 is 96.5 Å². The van der Waals surface area contributed by atoms with Crippen LogP contribution in [0.3, 0.4) is 0 Å². The van der Waals surface area contributed by atoms with E-state index in [-0.39, 0.29) is 88.7 Å². The maximum atomic E-state index is 8.88. The van der Waals surface area contributed by atoms with E-state index in [1.807, 2.05) is 0 Å². The minimum absolute atomic E-state index is 0. The van der Waals surface area contributed by atoms with Crippen LogP contribution >= 0.6 is 7.82 Å². The van der Waals surface area contributed by atoms with Gasteiger partial charge in [0, 0.05) is 0 Å². The monoisotopic (exact) mass is 167 g/mol. The zero-order valence-corrected chi connectivity index (χ0v) is 12.1. The number of hydrogen-bond donors (Lipinski definition) is 3. The van der Waals surface area contributed by atoms with Crippen molar-refractivity contribution in [1.82, 2.24) is 0 Å². The molecule has 0 atom stereocenters. The number of rotatable bonds is 0. The van der Waals surface area contributed by atoms with Gasteiger partial charge in [0.1, 0.15) is 0 Å². The molecule has 4 nitrogen and oxygen atoms in total. The fraction of sp³-hybridized carbons (Fsp3) is 0. The summed E-state index contributed by atoms with van der Waals surface area (Å²) in [6.45, 7) is 0. The van der Waals surface area contributed by atoms with E-state index in [0.717, 1.165) is 0 Å². The third kappa shape index (κ3) is 61.9. The maximum Gasteiger partial charge on any atom is 1.00 e. The van der Waals surface area contributed by atoms with Gasteiger partial charge in [0.05, 0.1) is 0 Å². The summed E-state index contributed by atoms with van der Waals surface area (Å²) in [5.74, 6) is 0. The van der Waals surface area contributed by atoms with Crippen LogP contribution in [0.15, 0.2) is 0 Å². The Bertz CT molecular complexity index is 57.4. The molecule has 0 heterocycles. The Kier molecular flexibility index (Phi) is 28.4. The summed E-state index contributed by atoms with van der Waals surface area (Å²) in [6, 6.07) is 0. The van der Waals surface area contributed by atoms with Crippen LogP contribution < -0.4 is 88.7 Å². The van der Waals surface area contributed by atoms with Gasteiger partial charge in [0.25, 0.3) is 0 Å². The summed E-state index contributed by atoms with van der Waals surface area (Å²) < 4.78 is 8.88. The van der Waals surface area contributed by atoms with E-state index in [1.54, 1.807) is 0 Å². The predicted molar refractivity (Wildman–Crippen MR) is 14.3 cm³/mol. The summed E-state index contributed by atoms with van der Waals surface area (Å²) in [5, 5.41) is 0. The van der Waals surface area contributed by atoms with Crippen LogP contribution in [0.4, 0.5) is 0 Å². The summed E-state index contributed by atoms with van der Waals surface area (Å²) in [6.07, 6.45) is 0. The molecule has 0 bridgehead atoms. The van der Waals surface area contributed by atoms with Crippen molar-refractivity contribution in [2.24, 2.45) is 0 Å². The van der Waals surface area contributed by atoms with Gasteiger partial charge in [-0.05, 0) is 0 Å². The van der Waals surface area contributed by atoms with Crippen molar-refractivity contribution in [3.05, 3.63) is 0 Å². The zero-order valence-electron chi connectivity index (χ0n) is 5.20.